The van der Waals surface area contributed by atoms with E-state index in [1.165, 1.54) is 48.2 Å². The zero-order valence-corrected chi connectivity index (χ0v) is 30.3. The first kappa shape index (κ1) is 42.7. The van der Waals surface area contributed by atoms with E-state index in [0.717, 1.165) is 0 Å². The van der Waals surface area contributed by atoms with Crippen molar-refractivity contribution in [3.05, 3.63) is 59.7 Å². The van der Waals surface area contributed by atoms with Gasteiger partial charge in [-0.15, -0.1) is 0 Å². The van der Waals surface area contributed by atoms with Gasteiger partial charge in [0.25, 0.3) is 0 Å². The Labute approximate surface area is 311 Å². The molecule has 2 aromatic rings. The molecule has 0 aliphatic carbocycles. The SMILES string of the molecule is CC(C)[C@H](N)C(=O)N[C@@H](Cc1ccc(O)cc1)C(=O)N[C@@H](CO)C(=O)N[C@@H](C)C(=O)N1CCC[C@H]1C(=O)N[C@@H](Cc1ccc(O)cc1)C(=O)NCC(=O)O. The number of hydrogen-bond acceptors (Lipinski definition) is 11. The Kier molecular flexibility index (Phi) is 15.7. The summed E-state index contributed by atoms with van der Waals surface area (Å²) in [5, 5.41) is 50.6. The van der Waals surface area contributed by atoms with Crippen molar-refractivity contribution in [1.82, 2.24) is 31.5 Å². The number of aliphatic hydroxyl groups excluding tert-OH is 1. The standard InChI is InChI=1S/C36H49N7O11/c1-19(2)30(37)35(53)41-26(16-22-8-12-24(46)13-9-22)32(50)42-27(18-44)33(51)39-20(3)36(54)43-14-4-5-28(43)34(52)40-25(31(49)38-17-29(47)48)15-21-6-10-23(45)11-7-21/h6-13,19-20,25-28,30,44-46H,4-5,14-18,37H2,1-3H3,(H,38,49)(H,39,51)(H,40,52)(H,41,53)(H,42,50)(H,47,48)/t20-,25-,26-,27-,28-,30-/m0/s1. The van der Waals surface area contributed by atoms with Crippen LogP contribution in [0.25, 0.3) is 0 Å². The minimum absolute atomic E-state index is 0.0117. The normalized spacial score (nSPS) is 16.6. The number of likely N-dealkylation sites (tertiary alicyclic amines) is 1. The zero-order valence-electron chi connectivity index (χ0n) is 30.3. The summed E-state index contributed by atoms with van der Waals surface area (Å²) in [4.78, 5) is 91.7. The first-order chi connectivity index (χ1) is 25.5. The van der Waals surface area contributed by atoms with Gasteiger partial charge in [-0.3, -0.25) is 33.6 Å². The van der Waals surface area contributed by atoms with Crippen molar-refractivity contribution in [1.29, 1.82) is 0 Å². The summed E-state index contributed by atoms with van der Waals surface area (Å²) in [6, 6.07) is 4.51. The molecular formula is C36H49N7O11. The first-order valence-electron chi connectivity index (χ1n) is 17.4. The summed E-state index contributed by atoms with van der Waals surface area (Å²) in [6.07, 6.45) is 0.544. The third kappa shape index (κ3) is 12.4. The Hall–Kier alpha value is -5.75. The zero-order chi connectivity index (χ0) is 40.1. The van der Waals surface area contributed by atoms with E-state index in [9.17, 15) is 48.9 Å². The van der Waals surface area contributed by atoms with Gasteiger partial charge in [0, 0.05) is 19.4 Å². The molecule has 0 saturated carbocycles. The van der Waals surface area contributed by atoms with E-state index in [0.29, 0.717) is 17.5 Å². The molecule has 18 nitrogen and oxygen atoms in total. The number of carbonyl (C=O) groups is 7. The molecule has 11 N–H and O–H groups in total. The number of nitrogens with two attached hydrogens (primary N) is 1. The van der Waals surface area contributed by atoms with Crippen molar-refractivity contribution >= 4 is 41.4 Å². The Morgan fingerprint density at radius 1 is 0.741 bits per heavy atom. The maximum Gasteiger partial charge on any atom is 0.322 e. The number of aliphatic hydroxyl groups is 1. The van der Waals surface area contributed by atoms with E-state index < -0.39 is 90.8 Å². The molecule has 0 bridgehead atoms. The van der Waals surface area contributed by atoms with Crippen LogP contribution in [0.1, 0.15) is 44.7 Å². The predicted octanol–water partition coefficient (Wildman–Crippen LogP) is -1.99. The van der Waals surface area contributed by atoms with Gasteiger partial charge in [0.15, 0.2) is 0 Å². The van der Waals surface area contributed by atoms with Gasteiger partial charge in [-0.25, -0.2) is 0 Å². The average Bonchev–Trinajstić information content (AvgIpc) is 3.63. The van der Waals surface area contributed by atoms with Gasteiger partial charge in [-0.05, 0) is 61.1 Å². The Bertz CT molecular complexity index is 1650. The van der Waals surface area contributed by atoms with E-state index in [-0.39, 0.29) is 43.2 Å². The molecule has 18 heteroatoms. The molecule has 2 aromatic carbocycles. The molecular weight excluding hydrogens is 706 g/mol. The summed E-state index contributed by atoms with van der Waals surface area (Å²) >= 11 is 0. The van der Waals surface area contributed by atoms with Gasteiger partial charge in [0.2, 0.25) is 35.4 Å². The average molecular weight is 756 g/mol. The molecule has 0 radical (unpaired) electrons. The largest absolute Gasteiger partial charge is 0.508 e. The van der Waals surface area contributed by atoms with Crippen molar-refractivity contribution in [2.24, 2.45) is 11.7 Å². The Morgan fingerprint density at radius 3 is 1.74 bits per heavy atom. The van der Waals surface area contributed by atoms with Crippen LogP contribution in [-0.4, -0.2) is 123 Å². The van der Waals surface area contributed by atoms with Crippen molar-refractivity contribution in [2.75, 3.05) is 19.7 Å². The summed E-state index contributed by atoms with van der Waals surface area (Å²) in [6.45, 7) is 3.39. The fraction of sp³-hybridized carbons (Fsp3) is 0.472. The third-order valence-electron chi connectivity index (χ3n) is 8.84. The van der Waals surface area contributed by atoms with Crippen molar-refractivity contribution in [2.45, 2.75) is 82.7 Å². The van der Waals surface area contributed by atoms with Crippen LogP contribution in [0, 0.1) is 5.92 Å². The van der Waals surface area contributed by atoms with Crippen LogP contribution in [0.4, 0.5) is 0 Å². The van der Waals surface area contributed by atoms with E-state index in [2.05, 4.69) is 26.6 Å². The lowest BCUT2D eigenvalue weighted by molar-refractivity contribution is -0.142. The van der Waals surface area contributed by atoms with Gasteiger partial charge in [0.05, 0.1) is 12.6 Å². The number of carbonyl (C=O) groups excluding carboxylic acids is 6. The number of phenolic OH excluding ortho intramolecular Hbond substituents is 2. The predicted molar refractivity (Wildman–Crippen MR) is 192 cm³/mol. The second-order valence-corrected chi connectivity index (χ2v) is 13.4. The lowest BCUT2D eigenvalue weighted by Gasteiger charge is -2.29. The van der Waals surface area contributed by atoms with Crippen molar-refractivity contribution < 1.29 is 54.0 Å². The van der Waals surface area contributed by atoms with Gasteiger partial charge in [0.1, 0.15) is 48.3 Å². The molecule has 6 atom stereocenters. The van der Waals surface area contributed by atoms with Crippen molar-refractivity contribution in [3.63, 3.8) is 0 Å². The fourth-order valence-corrected chi connectivity index (χ4v) is 5.67. The quantitative estimate of drug-likeness (QED) is 0.0792. The molecule has 1 fully saturated rings. The molecule has 0 unspecified atom stereocenters. The smallest absolute Gasteiger partial charge is 0.322 e. The number of carboxylic acid groups (broad SMARTS) is 1. The fourth-order valence-electron chi connectivity index (χ4n) is 5.67. The number of nitrogens with zero attached hydrogens (tertiary/aromatic N) is 1. The highest BCUT2D eigenvalue weighted by Gasteiger charge is 2.38. The van der Waals surface area contributed by atoms with Crippen molar-refractivity contribution in [3.8, 4) is 11.5 Å². The van der Waals surface area contributed by atoms with Crippen LogP contribution < -0.4 is 32.3 Å². The molecule has 1 aliphatic rings. The van der Waals surface area contributed by atoms with E-state index >= 15 is 0 Å². The van der Waals surface area contributed by atoms with Gasteiger partial charge in [-0.1, -0.05) is 38.1 Å². The molecule has 54 heavy (non-hydrogen) atoms. The molecule has 1 saturated heterocycles. The molecule has 1 aliphatic heterocycles. The van der Waals surface area contributed by atoms with E-state index in [1.54, 1.807) is 26.0 Å². The molecule has 3 rings (SSSR count). The van der Waals surface area contributed by atoms with Crippen LogP contribution in [0.2, 0.25) is 0 Å². The molecule has 0 spiro atoms. The van der Waals surface area contributed by atoms with Crippen LogP contribution in [0.3, 0.4) is 0 Å². The number of nitrogens with one attached hydrogen (secondary N) is 5. The summed E-state index contributed by atoms with van der Waals surface area (Å²) in [5.41, 5.74) is 7.08. The number of phenols is 2. The second kappa shape index (κ2) is 19.9. The number of amides is 6. The number of carboxylic acids is 1. The van der Waals surface area contributed by atoms with Crippen LogP contribution in [-0.2, 0) is 46.4 Å². The van der Waals surface area contributed by atoms with E-state index in [4.69, 9.17) is 10.8 Å². The van der Waals surface area contributed by atoms with E-state index in [1.807, 2.05) is 0 Å². The Balaban J connectivity index is 1.68. The monoisotopic (exact) mass is 755 g/mol. The number of rotatable bonds is 18. The second-order valence-electron chi connectivity index (χ2n) is 13.4. The summed E-state index contributed by atoms with van der Waals surface area (Å²) in [5.74, 6) is -6.08. The highest BCUT2D eigenvalue weighted by Crippen LogP contribution is 2.20. The first-order valence-corrected chi connectivity index (χ1v) is 17.4. The molecule has 6 amide bonds. The summed E-state index contributed by atoms with van der Waals surface area (Å²) in [7, 11) is 0. The lowest BCUT2D eigenvalue weighted by atomic mass is 10.0. The number of aliphatic carboxylic acids is 1. The van der Waals surface area contributed by atoms with Gasteiger partial charge >= 0.3 is 5.97 Å². The van der Waals surface area contributed by atoms with Gasteiger partial charge in [-0.2, -0.15) is 0 Å². The summed E-state index contributed by atoms with van der Waals surface area (Å²) < 4.78 is 0. The third-order valence-corrected chi connectivity index (χ3v) is 8.84. The lowest BCUT2D eigenvalue weighted by Crippen LogP contribution is -2.60. The topological polar surface area (TPSA) is 290 Å². The van der Waals surface area contributed by atoms with Crippen LogP contribution >= 0.6 is 0 Å². The molecule has 0 aromatic heterocycles. The molecule has 294 valence electrons. The maximum absolute atomic E-state index is 13.6. The number of aromatic hydroxyl groups is 2. The number of hydrogen-bond donors (Lipinski definition) is 10. The minimum atomic E-state index is -1.55. The number of benzene rings is 2. The Morgan fingerprint density at radius 2 is 1.24 bits per heavy atom. The minimum Gasteiger partial charge on any atom is -0.508 e. The highest BCUT2D eigenvalue weighted by atomic mass is 16.4. The highest BCUT2D eigenvalue weighted by molar-refractivity contribution is 5.97. The van der Waals surface area contributed by atoms with Crippen LogP contribution in [0.5, 0.6) is 11.5 Å². The maximum atomic E-state index is 13.6. The van der Waals surface area contributed by atoms with Crippen LogP contribution in [0.15, 0.2) is 48.5 Å². The van der Waals surface area contributed by atoms with Gasteiger partial charge < -0.3 is 57.6 Å². The molecule has 1 heterocycles.